The van der Waals surface area contributed by atoms with E-state index in [0.717, 1.165) is 18.9 Å². The first-order valence-electron chi connectivity index (χ1n) is 5.04. The maximum absolute atomic E-state index is 13.4. The fourth-order valence-corrected chi connectivity index (χ4v) is 1.85. The Balaban J connectivity index is 2.83. The zero-order chi connectivity index (χ0) is 12.1. The van der Waals surface area contributed by atoms with E-state index in [1.54, 1.807) is 0 Å². The smallest absolute Gasteiger partial charge is 0.492 e. The van der Waals surface area contributed by atoms with Crippen molar-refractivity contribution >= 4 is 28.5 Å². The summed E-state index contributed by atoms with van der Waals surface area (Å²) in [5.74, 6) is -0.321. The highest BCUT2D eigenvalue weighted by atomic mass is 79.9. The minimum Gasteiger partial charge on any atom is -0.493 e. The molecule has 0 spiro atoms. The molecular formula is C10H13BBrFO3. The average Bonchev–Trinajstić information content (AvgIpc) is 2.16. The van der Waals surface area contributed by atoms with Gasteiger partial charge < -0.3 is 14.8 Å². The van der Waals surface area contributed by atoms with Gasteiger partial charge >= 0.3 is 7.12 Å². The third-order valence-corrected chi connectivity index (χ3v) is 2.73. The summed E-state index contributed by atoms with van der Waals surface area (Å²) in [6.45, 7) is 2.55. The second-order valence-corrected chi connectivity index (χ2v) is 4.23. The third kappa shape index (κ3) is 3.47. The lowest BCUT2D eigenvalue weighted by molar-refractivity contribution is 0.307. The van der Waals surface area contributed by atoms with Crippen LogP contribution in [0.1, 0.15) is 19.8 Å². The molecule has 3 nitrogen and oxygen atoms in total. The molecular weight excluding hydrogens is 278 g/mol. The molecule has 16 heavy (non-hydrogen) atoms. The normalized spacial score (nSPS) is 10.3. The zero-order valence-electron chi connectivity index (χ0n) is 8.91. The Morgan fingerprint density at radius 1 is 1.44 bits per heavy atom. The molecule has 0 aliphatic rings. The number of halogens is 2. The summed E-state index contributed by atoms with van der Waals surface area (Å²) >= 11 is 3.07. The van der Waals surface area contributed by atoms with Crippen LogP contribution in [-0.2, 0) is 0 Å². The van der Waals surface area contributed by atoms with Crippen LogP contribution < -0.4 is 10.2 Å². The van der Waals surface area contributed by atoms with Crippen molar-refractivity contribution in [2.75, 3.05) is 6.61 Å². The lowest BCUT2D eigenvalue weighted by Crippen LogP contribution is -2.34. The van der Waals surface area contributed by atoms with Crippen LogP contribution in [0.4, 0.5) is 4.39 Å². The van der Waals surface area contributed by atoms with Gasteiger partial charge in [-0.05, 0) is 12.5 Å². The summed E-state index contributed by atoms with van der Waals surface area (Å²) in [7, 11) is -1.83. The minimum absolute atomic E-state index is 0.178. The minimum atomic E-state index is -1.83. The third-order valence-electron chi connectivity index (χ3n) is 2.08. The Morgan fingerprint density at radius 3 is 2.62 bits per heavy atom. The Labute approximate surface area is 103 Å². The van der Waals surface area contributed by atoms with Gasteiger partial charge in [0, 0.05) is 16.0 Å². The van der Waals surface area contributed by atoms with Gasteiger partial charge in [0.2, 0.25) is 0 Å². The van der Waals surface area contributed by atoms with Gasteiger partial charge in [-0.3, -0.25) is 0 Å². The maximum Gasteiger partial charge on any atom is 0.492 e. The number of hydrogen-bond acceptors (Lipinski definition) is 3. The molecule has 0 fully saturated rings. The van der Waals surface area contributed by atoms with Crippen molar-refractivity contribution in [2.45, 2.75) is 19.8 Å². The van der Waals surface area contributed by atoms with Gasteiger partial charge in [0.15, 0.2) is 0 Å². The molecule has 0 amide bonds. The first-order chi connectivity index (χ1) is 7.56. The molecule has 0 saturated carbocycles. The zero-order valence-corrected chi connectivity index (χ0v) is 10.5. The van der Waals surface area contributed by atoms with Crippen molar-refractivity contribution in [2.24, 2.45) is 0 Å². The van der Waals surface area contributed by atoms with Gasteiger partial charge in [0.25, 0.3) is 0 Å². The van der Waals surface area contributed by atoms with Gasteiger partial charge in [0.1, 0.15) is 11.6 Å². The molecule has 0 heterocycles. The first kappa shape index (κ1) is 13.5. The molecule has 0 unspecified atom stereocenters. The topological polar surface area (TPSA) is 49.7 Å². The van der Waals surface area contributed by atoms with Crippen molar-refractivity contribution in [3.63, 3.8) is 0 Å². The molecule has 88 valence electrons. The van der Waals surface area contributed by atoms with E-state index in [2.05, 4.69) is 15.9 Å². The summed E-state index contributed by atoms with van der Waals surface area (Å²) in [5.41, 5.74) is -0.178. The Bertz CT molecular complexity index is 337. The second kappa shape index (κ2) is 6.22. The van der Waals surface area contributed by atoms with Crippen LogP contribution in [0.15, 0.2) is 16.6 Å². The molecule has 0 saturated heterocycles. The van der Waals surface area contributed by atoms with Gasteiger partial charge in [-0.25, -0.2) is 4.39 Å². The van der Waals surface area contributed by atoms with Crippen LogP contribution in [0.2, 0.25) is 0 Å². The molecule has 2 N–H and O–H groups in total. The second-order valence-electron chi connectivity index (χ2n) is 3.38. The lowest BCUT2D eigenvalue weighted by atomic mass is 9.80. The molecule has 0 aliphatic carbocycles. The summed E-state index contributed by atoms with van der Waals surface area (Å²) in [6, 6.07) is 2.67. The van der Waals surface area contributed by atoms with Crippen LogP contribution >= 0.6 is 15.9 Å². The van der Waals surface area contributed by atoms with E-state index >= 15 is 0 Å². The van der Waals surface area contributed by atoms with Crippen LogP contribution in [0.3, 0.4) is 0 Å². The summed E-state index contributed by atoms with van der Waals surface area (Å²) in [5, 5.41) is 17.9. The first-order valence-corrected chi connectivity index (χ1v) is 5.83. The van der Waals surface area contributed by atoms with Crippen LogP contribution in [0.25, 0.3) is 0 Å². The van der Waals surface area contributed by atoms with E-state index in [4.69, 9.17) is 14.8 Å². The molecule has 0 atom stereocenters. The van der Waals surface area contributed by atoms with E-state index in [1.165, 1.54) is 6.07 Å². The van der Waals surface area contributed by atoms with E-state index in [9.17, 15) is 4.39 Å². The molecule has 6 heteroatoms. The lowest BCUT2D eigenvalue weighted by Gasteiger charge is -2.09. The molecule has 0 aromatic heterocycles. The monoisotopic (exact) mass is 290 g/mol. The van der Waals surface area contributed by atoms with E-state index in [1.807, 2.05) is 6.92 Å². The predicted molar refractivity (Wildman–Crippen MR) is 64.3 cm³/mol. The summed E-state index contributed by atoms with van der Waals surface area (Å²) in [4.78, 5) is 0. The Morgan fingerprint density at radius 2 is 2.12 bits per heavy atom. The molecule has 0 bridgehead atoms. The standard InChI is InChI=1S/C10H13BBrFO3/c1-2-3-4-16-7-5-8(12)10(11(14)15)9(13)6-7/h5-6,14-15H,2-4H2,1H3. The Kier molecular flexibility index (Phi) is 5.24. The largest absolute Gasteiger partial charge is 0.493 e. The number of benzene rings is 1. The molecule has 1 aromatic rings. The fourth-order valence-electron chi connectivity index (χ4n) is 1.23. The van der Waals surface area contributed by atoms with Crippen molar-refractivity contribution in [3.05, 3.63) is 22.4 Å². The summed E-state index contributed by atoms with van der Waals surface area (Å²) in [6.07, 6.45) is 1.89. The number of rotatable bonds is 5. The van der Waals surface area contributed by atoms with E-state index < -0.39 is 12.9 Å². The van der Waals surface area contributed by atoms with Crippen LogP contribution in [0, 0.1) is 5.82 Å². The van der Waals surface area contributed by atoms with Crippen molar-refractivity contribution in [1.82, 2.24) is 0 Å². The van der Waals surface area contributed by atoms with Gasteiger partial charge in [0.05, 0.1) is 6.61 Å². The van der Waals surface area contributed by atoms with Crippen molar-refractivity contribution < 1.29 is 19.2 Å². The number of hydrogen-bond donors (Lipinski definition) is 2. The van der Waals surface area contributed by atoms with E-state index in [-0.39, 0.29) is 9.94 Å². The van der Waals surface area contributed by atoms with Crippen molar-refractivity contribution in [1.29, 1.82) is 0 Å². The molecule has 0 radical (unpaired) electrons. The van der Waals surface area contributed by atoms with Gasteiger partial charge in [-0.15, -0.1) is 0 Å². The van der Waals surface area contributed by atoms with Gasteiger partial charge in [-0.1, -0.05) is 29.3 Å². The molecule has 0 aliphatic heterocycles. The number of ether oxygens (including phenoxy) is 1. The molecule has 1 aromatic carbocycles. The maximum atomic E-state index is 13.4. The fraction of sp³-hybridized carbons (Fsp3) is 0.400. The Hall–Kier alpha value is -0.585. The van der Waals surface area contributed by atoms with E-state index in [0.29, 0.717) is 12.4 Å². The predicted octanol–water partition coefficient (Wildman–Crippen LogP) is 1.45. The van der Waals surface area contributed by atoms with Crippen LogP contribution in [0.5, 0.6) is 5.75 Å². The summed E-state index contributed by atoms with van der Waals surface area (Å²) < 4.78 is 19.0. The quantitative estimate of drug-likeness (QED) is 0.637. The highest BCUT2D eigenvalue weighted by Crippen LogP contribution is 2.19. The highest BCUT2D eigenvalue weighted by molar-refractivity contribution is 9.10. The van der Waals surface area contributed by atoms with Gasteiger partial charge in [-0.2, -0.15) is 0 Å². The highest BCUT2D eigenvalue weighted by Gasteiger charge is 2.21. The number of unbranched alkanes of at least 4 members (excludes halogenated alkanes) is 1. The SMILES string of the molecule is CCCCOc1cc(F)c(B(O)O)c(Br)c1. The van der Waals surface area contributed by atoms with Crippen molar-refractivity contribution in [3.8, 4) is 5.75 Å². The molecule has 1 rings (SSSR count). The van der Waals surface area contributed by atoms with Crippen LogP contribution in [-0.4, -0.2) is 23.8 Å². The average molecular weight is 291 g/mol.